The summed E-state index contributed by atoms with van der Waals surface area (Å²) < 4.78 is 6.65. The molecule has 0 radical (unpaired) electrons. The number of hydrogen-bond acceptors (Lipinski definition) is 7. The molecule has 0 atom stereocenters. The van der Waals surface area contributed by atoms with Gasteiger partial charge >= 0.3 is 6.03 Å². The zero-order chi connectivity index (χ0) is 22.3. The number of benzene rings is 1. The van der Waals surface area contributed by atoms with Gasteiger partial charge in [0, 0.05) is 34.8 Å². The number of rotatable bonds is 8. The van der Waals surface area contributed by atoms with Crippen LogP contribution in [0.2, 0.25) is 0 Å². The van der Waals surface area contributed by atoms with Crippen LogP contribution in [0.3, 0.4) is 0 Å². The molecule has 3 heterocycles. The summed E-state index contributed by atoms with van der Waals surface area (Å²) in [6.07, 6.45) is 3.23. The smallest absolute Gasteiger partial charge is 0.319 e. The molecule has 9 nitrogen and oxygen atoms in total. The number of anilines is 2. The Morgan fingerprint density at radius 1 is 1.12 bits per heavy atom. The number of nitrogens with one attached hydrogen (secondary N) is 3. The third-order valence-corrected chi connectivity index (χ3v) is 5.99. The first-order valence-electron chi connectivity index (χ1n) is 9.57. The molecule has 0 saturated carbocycles. The minimum atomic E-state index is -0.358. The highest BCUT2D eigenvalue weighted by Crippen LogP contribution is 2.16. The van der Waals surface area contributed by atoms with Gasteiger partial charge < -0.3 is 20.4 Å². The lowest BCUT2D eigenvalue weighted by Gasteiger charge is -2.09. The van der Waals surface area contributed by atoms with Crippen molar-refractivity contribution in [3.8, 4) is 0 Å². The number of thiazole rings is 1. The number of amides is 3. The second-order valence-electron chi connectivity index (χ2n) is 6.65. The summed E-state index contributed by atoms with van der Waals surface area (Å²) in [6.45, 7) is 0.288. The summed E-state index contributed by atoms with van der Waals surface area (Å²) in [5, 5.41) is 10.0. The first-order valence-corrected chi connectivity index (χ1v) is 11.6. The minimum absolute atomic E-state index is 0.125. The van der Waals surface area contributed by atoms with E-state index in [0.29, 0.717) is 33.5 Å². The van der Waals surface area contributed by atoms with Crippen molar-refractivity contribution in [3.63, 3.8) is 0 Å². The second kappa shape index (κ2) is 10.2. The number of thioether (sulfide) groups is 1. The lowest BCUT2D eigenvalue weighted by molar-refractivity contribution is -0.113. The molecule has 3 amide bonds. The van der Waals surface area contributed by atoms with E-state index in [0.717, 1.165) is 0 Å². The summed E-state index contributed by atoms with van der Waals surface area (Å²) in [4.78, 5) is 41.2. The van der Waals surface area contributed by atoms with E-state index in [4.69, 9.17) is 4.42 Å². The Kier molecular flexibility index (Phi) is 6.87. The van der Waals surface area contributed by atoms with Crippen LogP contribution in [0, 0.1) is 0 Å². The van der Waals surface area contributed by atoms with E-state index in [2.05, 4.69) is 20.9 Å². The lowest BCUT2D eigenvalue weighted by Crippen LogP contribution is -2.27. The van der Waals surface area contributed by atoms with Gasteiger partial charge in [0.15, 0.2) is 4.96 Å². The number of hydrogen-bond donors (Lipinski definition) is 3. The molecule has 0 unspecified atom stereocenters. The Labute approximate surface area is 190 Å². The van der Waals surface area contributed by atoms with Crippen molar-refractivity contribution in [1.29, 1.82) is 0 Å². The van der Waals surface area contributed by atoms with E-state index in [-0.39, 0.29) is 29.8 Å². The van der Waals surface area contributed by atoms with E-state index in [1.165, 1.54) is 33.6 Å². The quantitative estimate of drug-likeness (QED) is 0.363. The number of carbonyl (C=O) groups excluding carboxylic acids is 2. The second-order valence-corrected chi connectivity index (χ2v) is 8.51. The topological polar surface area (TPSA) is 118 Å². The number of carbonyl (C=O) groups is 2. The molecule has 4 aromatic rings. The van der Waals surface area contributed by atoms with Crippen molar-refractivity contribution in [2.75, 3.05) is 16.4 Å². The molecule has 0 spiro atoms. The van der Waals surface area contributed by atoms with Gasteiger partial charge in [0.05, 0.1) is 24.3 Å². The standard InChI is InChI=1S/C21H19N5O4S2/c27-18(13-31-12-16-10-19(28)26-7-9-32-21(26)25-16)23-14-3-5-15(6-4-14)24-20(29)22-11-17-2-1-8-30-17/h1-10H,11-13H2,(H,23,27)(H2,22,24,29). The number of fused-ring (bicyclic) bond motifs is 1. The van der Waals surface area contributed by atoms with Gasteiger partial charge in [-0.2, -0.15) is 0 Å². The Morgan fingerprint density at radius 3 is 2.66 bits per heavy atom. The van der Waals surface area contributed by atoms with Gasteiger partial charge in [-0.1, -0.05) is 0 Å². The third kappa shape index (κ3) is 5.77. The van der Waals surface area contributed by atoms with Gasteiger partial charge in [-0.25, -0.2) is 9.78 Å². The van der Waals surface area contributed by atoms with Crippen LogP contribution in [0.5, 0.6) is 0 Å². The van der Waals surface area contributed by atoms with E-state index < -0.39 is 0 Å². The SMILES string of the molecule is O=C(CSCc1cc(=O)n2ccsc2n1)Nc1ccc(NC(=O)NCc2ccco2)cc1. The van der Waals surface area contributed by atoms with Crippen molar-refractivity contribution in [1.82, 2.24) is 14.7 Å². The average molecular weight is 470 g/mol. The first-order chi connectivity index (χ1) is 15.6. The highest BCUT2D eigenvalue weighted by Gasteiger charge is 2.07. The van der Waals surface area contributed by atoms with Gasteiger partial charge in [0.25, 0.3) is 5.56 Å². The fraction of sp³-hybridized carbons (Fsp3) is 0.143. The van der Waals surface area contributed by atoms with Crippen LogP contribution in [0.4, 0.5) is 16.2 Å². The van der Waals surface area contributed by atoms with Crippen LogP contribution in [-0.4, -0.2) is 27.1 Å². The molecule has 3 aromatic heterocycles. The molecule has 4 rings (SSSR count). The number of urea groups is 1. The molecule has 0 saturated heterocycles. The van der Waals surface area contributed by atoms with Crippen molar-refractivity contribution in [3.05, 3.63) is 82.1 Å². The maximum Gasteiger partial charge on any atom is 0.319 e. The molecular weight excluding hydrogens is 450 g/mol. The maximum atomic E-state index is 12.2. The Hall–Kier alpha value is -3.57. The molecule has 1 aromatic carbocycles. The molecule has 0 bridgehead atoms. The summed E-state index contributed by atoms with van der Waals surface area (Å²) in [5.41, 5.74) is 1.74. The summed E-state index contributed by atoms with van der Waals surface area (Å²) in [5.74, 6) is 1.18. The van der Waals surface area contributed by atoms with Crippen molar-refractivity contribution in [2.24, 2.45) is 0 Å². The molecule has 0 fully saturated rings. The predicted octanol–water partition coefficient (Wildman–Crippen LogP) is 3.54. The Bertz CT molecular complexity index is 1270. The maximum absolute atomic E-state index is 12.2. The monoisotopic (exact) mass is 469 g/mol. The summed E-state index contributed by atoms with van der Waals surface area (Å²) in [7, 11) is 0. The lowest BCUT2D eigenvalue weighted by atomic mass is 10.3. The van der Waals surface area contributed by atoms with Crippen LogP contribution in [0.15, 0.2) is 69.5 Å². The Morgan fingerprint density at radius 2 is 1.91 bits per heavy atom. The minimum Gasteiger partial charge on any atom is -0.467 e. The van der Waals surface area contributed by atoms with E-state index in [9.17, 15) is 14.4 Å². The van der Waals surface area contributed by atoms with Crippen LogP contribution in [-0.2, 0) is 17.1 Å². The van der Waals surface area contributed by atoms with Gasteiger partial charge in [-0.05, 0) is 36.4 Å². The zero-order valence-corrected chi connectivity index (χ0v) is 18.4. The first kappa shape index (κ1) is 21.7. The molecule has 3 N–H and O–H groups in total. The van der Waals surface area contributed by atoms with Crippen LogP contribution >= 0.6 is 23.1 Å². The molecule has 32 heavy (non-hydrogen) atoms. The Balaban J connectivity index is 1.21. The number of aromatic nitrogens is 2. The highest BCUT2D eigenvalue weighted by molar-refractivity contribution is 7.99. The van der Waals surface area contributed by atoms with Crippen molar-refractivity contribution >= 4 is 51.4 Å². The van der Waals surface area contributed by atoms with Crippen molar-refractivity contribution < 1.29 is 14.0 Å². The van der Waals surface area contributed by atoms with E-state index >= 15 is 0 Å². The molecule has 0 aliphatic carbocycles. The van der Waals surface area contributed by atoms with Gasteiger partial charge in [0.2, 0.25) is 5.91 Å². The third-order valence-electron chi connectivity index (χ3n) is 4.27. The fourth-order valence-corrected chi connectivity index (χ4v) is 4.26. The fourth-order valence-electron chi connectivity index (χ4n) is 2.80. The molecule has 0 aliphatic heterocycles. The van der Waals surface area contributed by atoms with Gasteiger partial charge in [-0.15, -0.1) is 23.1 Å². The average Bonchev–Trinajstić information content (AvgIpc) is 3.46. The van der Waals surface area contributed by atoms with Crippen LogP contribution < -0.4 is 21.5 Å². The molecule has 0 aliphatic rings. The number of nitrogens with zero attached hydrogens (tertiary/aromatic N) is 2. The normalized spacial score (nSPS) is 10.8. The highest BCUT2D eigenvalue weighted by atomic mass is 32.2. The molecule has 164 valence electrons. The molecule has 11 heteroatoms. The predicted molar refractivity (Wildman–Crippen MR) is 125 cm³/mol. The molecular formula is C21H19N5O4S2. The van der Waals surface area contributed by atoms with Gasteiger partial charge in [-0.3, -0.25) is 14.0 Å². The largest absolute Gasteiger partial charge is 0.467 e. The van der Waals surface area contributed by atoms with Crippen LogP contribution in [0.25, 0.3) is 4.96 Å². The summed E-state index contributed by atoms with van der Waals surface area (Å²) >= 11 is 2.77. The number of furan rings is 1. The van der Waals surface area contributed by atoms with Crippen LogP contribution in [0.1, 0.15) is 11.5 Å². The van der Waals surface area contributed by atoms with E-state index in [1.54, 1.807) is 48.9 Å². The zero-order valence-electron chi connectivity index (χ0n) is 16.7. The summed E-state index contributed by atoms with van der Waals surface area (Å²) in [6, 6.07) is 11.5. The van der Waals surface area contributed by atoms with Crippen molar-refractivity contribution in [2.45, 2.75) is 12.3 Å². The van der Waals surface area contributed by atoms with E-state index in [1.807, 2.05) is 5.38 Å². The van der Waals surface area contributed by atoms with Gasteiger partial charge in [0.1, 0.15) is 5.76 Å².